The lowest BCUT2D eigenvalue weighted by Crippen LogP contribution is -1.95. The number of alkyl halides is 1. The zero-order chi connectivity index (χ0) is 14.9. The Labute approximate surface area is 132 Å². The molecule has 0 aromatic heterocycles. The Hall–Kier alpha value is -1.47. The molecule has 0 bridgehead atoms. The van der Waals surface area contributed by atoms with Crippen LogP contribution in [-0.4, -0.2) is 12.5 Å². The molecule has 1 nitrogen and oxygen atoms in total. The number of hydrogen-bond acceptors (Lipinski definition) is 1. The average molecular weight is 303 g/mol. The molecular weight excluding hydrogens is 280 g/mol. The van der Waals surface area contributed by atoms with E-state index < -0.39 is 0 Å². The van der Waals surface area contributed by atoms with Crippen LogP contribution >= 0.6 is 11.6 Å². The average Bonchev–Trinajstić information content (AvgIpc) is 2.54. The fourth-order valence-corrected chi connectivity index (χ4v) is 2.35. The summed E-state index contributed by atoms with van der Waals surface area (Å²) in [5.41, 5.74) is 3.81. The summed E-state index contributed by atoms with van der Waals surface area (Å²) in [5, 5.41) is 0. The third-order valence-electron chi connectivity index (χ3n) is 3.51. The van der Waals surface area contributed by atoms with Gasteiger partial charge in [0, 0.05) is 5.88 Å². The lowest BCUT2D eigenvalue weighted by atomic mass is 10.0. The molecular formula is C19H23ClO. The Balaban J connectivity index is 1.97. The predicted octanol–water partition coefficient (Wildman–Crippen LogP) is 5.70. The van der Waals surface area contributed by atoms with Crippen molar-refractivity contribution >= 4 is 11.6 Å². The molecule has 0 aliphatic carbocycles. The van der Waals surface area contributed by atoms with Crippen molar-refractivity contribution in [3.8, 4) is 16.9 Å². The summed E-state index contributed by atoms with van der Waals surface area (Å²) in [6, 6.07) is 17.1. The van der Waals surface area contributed by atoms with E-state index in [4.69, 9.17) is 16.3 Å². The molecule has 2 rings (SSSR count). The van der Waals surface area contributed by atoms with Gasteiger partial charge in [-0.05, 0) is 48.1 Å². The SMILES string of the molecule is CCCCOc1ccc(-c2ccc(CCCCl)cc2)cc1. The van der Waals surface area contributed by atoms with Gasteiger partial charge in [0.2, 0.25) is 0 Å². The van der Waals surface area contributed by atoms with Gasteiger partial charge in [0.05, 0.1) is 6.61 Å². The first kappa shape index (κ1) is 15.9. The number of halogens is 1. The smallest absolute Gasteiger partial charge is 0.119 e. The van der Waals surface area contributed by atoms with Gasteiger partial charge in [0.1, 0.15) is 5.75 Å². The summed E-state index contributed by atoms with van der Waals surface area (Å²) in [4.78, 5) is 0. The number of unbranched alkanes of at least 4 members (excludes halogenated alkanes) is 1. The molecule has 0 saturated heterocycles. The molecule has 0 saturated carbocycles. The minimum atomic E-state index is 0.723. The van der Waals surface area contributed by atoms with Crippen LogP contribution in [0.15, 0.2) is 48.5 Å². The maximum Gasteiger partial charge on any atom is 0.119 e. The molecule has 0 aliphatic rings. The van der Waals surface area contributed by atoms with Gasteiger partial charge in [0.15, 0.2) is 0 Å². The summed E-state index contributed by atoms with van der Waals surface area (Å²) < 4.78 is 5.69. The third-order valence-corrected chi connectivity index (χ3v) is 3.77. The van der Waals surface area contributed by atoms with Gasteiger partial charge in [-0.1, -0.05) is 49.7 Å². The van der Waals surface area contributed by atoms with E-state index in [1.54, 1.807) is 0 Å². The minimum Gasteiger partial charge on any atom is -0.494 e. The van der Waals surface area contributed by atoms with E-state index in [1.165, 1.54) is 16.7 Å². The number of rotatable bonds is 8. The van der Waals surface area contributed by atoms with Gasteiger partial charge < -0.3 is 4.74 Å². The van der Waals surface area contributed by atoms with Crippen LogP contribution in [0.3, 0.4) is 0 Å². The Morgan fingerprint density at radius 3 is 2.05 bits per heavy atom. The third kappa shape index (κ3) is 5.09. The van der Waals surface area contributed by atoms with Crippen molar-refractivity contribution in [3.63, 3.8) is 0 Å². The van der Waals surface area contributed by atoms with Crippen LogP contribution < -0.4 is 4.74 Å². The first-order valence-electron chi connectivity index (χ1n) is 7.71. The Kier molecular flexibility index (Phi) is 6.62. The largest absolute Gasteiger partial charge is 0.494 e. The highest BCUT2D eigenvalue weighted by Gasteiger charge is 2.00. The van der Waals surface area contributed by atoms with Crippen LogP contribution in [0.1, 0.15) is 31.7 Å². The number of ether oxygens (including phenoxy) is 1. The molecule has 2 heteroatoms. The Morgan fingerprint density at radius 2 is 1.48 bits per heavy atom. The maximum atomic E-state index is 5.73. The molecule has 0 amide bonds. The molecule has 2 aromatic carbocycles. The highest BCUT2D eigenvalue weighted by Crippen LogP contribution is 2.23. The van der Waals surface area contributed by atoms with Crippen LogP contribution in [-0.2, 0) is 6.42 Å². The molecule has 0 heterocycles. The van der Waals surface area contributed by atoms with Gasteiger partial charge in [-0.25, -0.2) is 0 Å². The van der Waals surface area contributed by atoms with E-state index in [0.717, 1.165) is 43.9 Å². The summed E-state index contributed by atoms with van der Waals surface area (Å²) in [6.07, 6.45) is 4.35. The molecule has 0 spiro atoms. The van der Waals surface area contributed by atoms with E-state index >= 15 is 0 Å². The molecule has 0 N–H and O–H groups in total. The molecule has 21 heavy (non-hydrogen) atoms. The minimum absolute atomic E-state index is 0.723. The Morgan fingerprint density at radius 1 is 0.857 bits per heavy atom. The maximum absolute atomic E-state index is 5.73. The summed E-state index contributed by atoms with van der Waals surface area (Å²) >= 11 is 5.73. The van der Waals surface area contributed by atoms with E-state index in [0.29, 0.717) is 0 Å². The quantitative estimate of drug-likeness (QED) is 0.448. The van der Waals surface area contributed by atoms with Crippen LogP contribution in [0, 0.1) is 0 Å². The van der Waals surface area contributed by atoms with Crippen molar-refractivity contribution in [1.82, 2.24) is 0 Å². The first-order valence-corrected chi connectivity index (χ1v) is 8.25. The second-order valence-corrected chi connectivity index (χ2v) is 5.59. The van der Waals surface area contributed by atoms with Crippen molar-refractivity contribution in [3.05, 3.63) is 54.1 Å². The Bertz CT molecular complexity index is 516. The molecule has 0 radical (unpaired) electrons. The van der Waals surface area contributed by atoms with Gasteiger partial charge in [-0.15, -0.1) is 11.6 Å². The molecule has 0 unspecified atom stereocenters. The van der Waals surface area contributed by atoms with Crippen LogP contribution in [0.5, 0.6) is 5.75 Å². The molecule has 0 atom stereocenters. The predicted molar refractivity (Wildman–Crippen MR) is 91.3 cm³/mol. The zero-order valence-corrected chi connectivity index (χ0v) is 13.4. The number of benzene rings is 2. The highest BCUT2D eigenvalue weighted by atomic mass is 35.5. The molecule has 2 aromatic rings. The summed E-state index contributed by atoms with van der Waals surface area (Å²) in [6.45, 7) is 2.97. The fourth-order valence-electron chi connectivity index (χ4n) is 2.21. The van der Waals surface area contributed by atoms with E-state index in [9.17, 15) is 0 Å². The van der Waals surface area contributed by atoms with Crippen molar-refractivity contribution in [2.75, 3.05) is 12.5 Å². The lowest BCUT2D eigenvalue weighted by molar-refractivity contribution is 0.309. The van der Waals surface area contributed by atoms with Crippen molar-refractivity contribution in [2.24, 2.45) is 0 Å². The molecule has 112 valence electrons. The fraction of sp³-hybridized carbons (Fsp3) is 0.368. The highest BCUT2D eigenvalue weighted by molar-refractivity contribution is 6.17. The van der Waals surface area contributed by atoms with Gasteiger partial charge in [-0.2, -0.15) is 0 Å². The van der Waals surface area contributed by atoms with Gasteiger partial charge in [0.25, 0.3) is 0 Å². The second kappa shape index (κ2) is 8.74. The van der Waals surface area contributed by atoms with Crippen molar-refractivity contribution in [2.45, 2.75) is 32.6 Å². The monoisotopic (exact) mass is 302 g/mol. The van der Waals surface area contributed by atoms with Gasteiger partial charge >= 0.3 is 0 Å². The van der Waals surface area contributed by atoms with Gasteiger partial charge in [-0.3, -0.25) is 0 Å². The zero-order valence-electron chi connectivity index (χ0n) is 12.6. The van der Waals surface area contributed by atoms with E-state index in [1.807, 2.05) is 12.1 Å². The lowest BCUT2D eigenvalue weighted by Gasteiger charge is -2.07. The molecule has 0 aliphatic heterocycles. The van der Waals surface area contributed by atoms with Crippen LogP contribution in [0.25, 0.3) is 11.1 Å². The van der Waals surface area contributed by atoms with E-state index in [2.05, 4.69) is 43.3 Å². The number of aryl methyl sites for hydroxylation is 1. The van der Waals surface area contributed by atoms with Crippen LogP contribution in [0.2, 0.25) is 0 Å². The van der Waals surface area contributed by atoms with E-state index in [-0.39, 0.29) is 0 Å². The summed E-state index contributed by atoms with van der Waals surface area (Å²) in [5.74, 6) is 1.67. The second-order valence-electron chi connectivity index (χ2n) is 5.22. The van der Waals surface area contributed by atoms with Crippen molar-refractivity contribution < 1.29 is 4.74 Å². The topological polar surface area (TPSA) is 9.23 Å². The molecule has 0 fully saturated rings. The van der Waals surface area contributed by atoms with Crippen LogP contribution in [0.4, 0.5) is 0 Å². The first-order chi connectivity index (χ1) is 10.3. The summed E-state index contributed by atoms with van der Waals surface area (Å²) in [7, 11) is 0. The number of hydrogen-bond donors (Lipinski definition) is 0. The standard InChI is InChI=1S/C19H23ClO/c1-2-3-15-21-19-12-10-18(11-13-19)17-8-6-16(7-9-17)5-4-14-20/h6-13H,2-5,14-15H2,1H3. The normalized spacial score (nSPS) is 10.6. The van der Waals surface area contributed by atoms with Crippen molar-refractivity contribution in [1.29, 1.82) is 0 Å².